The van der Waals surface area contributed by atoms with Crippen molar-refractivity contribution in [3.8, 4) is 22.4 Å². The Labute approximate surface area is 242 Å². The van der Waals surface area contributed by atoms with Gasteiger partial charge in [-0.3, -0.25) is 9.78 Å². The van der Waals surface area contributed by atoms with E-state index in [4.69, 9.17) is 4.98 Å². The minimum Gasteiger partial charge on any atom is -0.396 e. The Hall–Kier alpha value is -3.79. The van der Waals surface area contributed by atoms with Crippen molar-refractivity contribution in [2.24, 2.45) is 0 Å². The van der Waals surface area contributed by atoms with Crippen LogP contribution in [0.2, 0.25) is 0 Å². The van der Waals surface area contributed by atoms with Crippen molar-refractivity contribution < 1.29 is 18.5 Å². The van der Waals surface area contributed by atoms with Gasteiger partial charge in [-0.25, -0.2) is 17.9 Å². The van der Waals surface area contributed by atoms with E-state index in [1.807, 2.05) is 67.5 Å². The van der Waals surface area contributed by atoms with Gasteiger partial charge in [0.15, 0.2) is 0 Å². The number of aliphatic hydroxyl groups is 1. The fraction of sp³-hybridized carbons (Fsp3) is 0.281. The molecule has 0 spiro atoms. The van der Waals surface area contributed by atoms with Gasteiger partial charge in [-0.2, -0.15) is 0 Å². The predicted molar refractivity (Wildman–Crippen MR) is 158 cm³/mol. The predicted octanol–water partition coefficient (Wildman–Crippen LogP) is 5.58. The van der Waals surface area contributed by atoms with Crippen LogP contribution in [0.4, 0.5) is 4.39 Å². The van der Waals surface area contributed by atoms with Gasteiger partial charge < -0.3 is 10.4 Å². The third-order valence-corrected chi connectivity index (χ3v) is 8.86. The molecule has 2 atom stereocenters. The van der Waals surface area contributed by atoms with Crippen LogP contribution in [0.3, 0.4) is 0 Å². The number of amides is 1. The van der Waals surface area contributed by atoms with E-state index in [9.17, 15) is 18.5 Å². The van der Waals surface area contributed by atoms with Crippen LogP contribution in [0.5, 0.6) is 0 Å². The number of halogens is 1. The average molecular weight is 573 g/mol. The SMILES string of the molecule is CC(C)(C)[S@@](=O)N1Cc2cc(C(=O)NCc3ccccn3)nc(-c3cccc(-c4ccccc4F)c3)c2[C@H]1CCO. The van der Waals surface area contributed by atoms with Crippen LogP contribution >= 0.6 is 0 Å². The molecule has 1 aliphatic rings. The Morgan fingerprint density at radius 1 is 1.07 bits per heavy atom. The molecule has 2 aromatic carbocycles. The first-order valence-corrected chi connectivity index (χ1v) is 14.6. The highest BCUT2D eigenvalue weighted by atomic mass is 32.2. The van der Waals surface area contributed by atoms with Gasteiger partial charge in [-0.1, -0.05) is 42.5 Å². The first kappa shape index (κ1) is 28.7. The number of nitrogens with one attached hydrogen (secondary N) is 1. The second-order valence-electron chi connectivity index (χ2n) is 11.0. The molecule has 5 rings (SSSR count). The van der Waals surface area contributed by atoms with E-state index in [1.54, 1.807) is 30.5 Å². The molecule has 212 valence electrons. The average Bonchev–Trinajstić information content (AvgIpc) is 3.33. The van der Waals surface area contributed by atoms with E-state index in [0.717, 1.165) is 16.8 Å². The molecule has 2 aromatic heterocycles. The molecule has 0 fully saturated rings. The number of carbonyl (C=O) groups is 1. The van der Waals surface area contributed by atoms with Gasteiger partial charge in [0, 0.05) is 36.0 Å². The van der Waals surface area contributed by atoms with Gasteiger partial charge in [0.1, 0.15) is 22.5 Å². The van der Waals surface area contributed by atoms with Crippen LogP contribution in [0, 0.1) is 5.82 Å². The smallest absolute Gasteiger partial charge is 0.270 e. The highest BCUT2D eigenvalue weighted by Crippen LogP contribution is 2.44. The lowest BCUT2D eigenvalue weighted by Crippen LogP contribution is -2.36. The Morgan fingerprint density at radius 3 is 2.54 bits per heavy atom. The molecule has 0 radical (unpaired) electrons. The van der Waals surface area contributed by atoms with Crippen molar-refractivity contribution in [1.29, 1.82) is 0 Å². The molecular formula is C32H33FN4O3S. The Balaban J connectivity index is 1.62. The van der Waals surface area contributed by atoms with E-state index in [2.05, 4.69) is 10.3 Å². The van der Waals surface area contributed by atoms with Crippen molar-refractivity contribution in [3.63, 3.8) is 0 Å². The standard InChI is InChI=1S/C32H33FN4O3S/c1-32(2,3)41(40)37-20-23-18-27(31(39)35-19-24-11-6-7-15-34-24)36-30(29(23)28(37)14-16-38)22-10-8-9-21(17-22)25-12-4-5-13-26(25)33/h4-13,15,17-18,28,38H,14,16,19-20H2,1-3H3,(H,35,39)/t28-,41-/m1/s1. The first-order chi connectivity index (χ1) is 19.7. The second-order valence-corrected chi connectivity index (χ2v) is 13.2. The summed E-state index contributed by atoms with van der Waals surface area (Å²) in [4.78, 5) is 22.5. The number of aliphatic hydroxyl groups excluding tert-OH is 1. The molecule has 3 heterocycles. The fourth-order valence-corrected chi connectivity index (χ4v) is 6.50. The summed E-state index contributed by atoms with van der Waals surface area (Å²) >= 11 is 0. The number of carbonyl (C=O) groups excluding carboxylic acids is 1. The third kappa shape index (κ3) is 6.12. The maximum absolute atomic E-state index is 14.7. The van der Waals surface area contributed by atoms with Crippen LogP contribution in [-0.4, -0.2) is 40.8 Å². The number of pyridine rings is 2. The van der Waals surface area contributed by atoms with E-state index < -0.39 is 15.7 Å². The van der Waals surface area contributed by atoms with Gasteiger partial charge in [0.05, 0.1) is 28.7 Å². The number of rotatable bonds is 8. The topological polar surface area (TPSA) is 95.4 Å². The van der Waals surface area contributed by atoms with Gasteiger partial charge in [0.2, 0.25) is 0 Å². The van der Waals surface area contributed by atoms with Gasteiger partial charge in [0.25, 0.3) is 5.91 Å². The lowest BCUT2D eigenvalue weighted by molar-refractivity contribution is 0.0945. The molecule has 0 bridgehead atoms. The zero-order chi connectivity index (χ0) is 29.1. The number of benzene rings is 2. The number of hydrogen-bond donors (Lipinski definition) is 2. The molecule has 41 heavy (non-hydrogen) atoms. The number of fused-ring (bicyclic) bond motifs is 1. The molecule has 0 aliphatic carbocycles. The van der Waals surface area contributed by atoms with E-state index in [0.29, 0.717) is 35.3 Å². The number of aromatic nitrogens is 2. The monoisotopic (exact) mass is 572 g/mol. The van der Waals surface area contributed by atoms with Crippen molar-refractivity contribution in [2.75, 3.05) is 6.61 Å². The summed E-state index contributed by atoms with van der Waals surface area (Å²) in [6.45, 7) is 6.21. The molecule has 0 saturated carbocycles. The molecular weight excluding hydrogens is 539 g/mol. The molecule has 9 heteroatoms. The Bertz CT molecular complexity index is 1590. The van der Waals surface area contributed by atoms with Crippen LogP contribution in [-0.2, 0) is 24.1 Å². The number of hydrogen-bond acceptors (Lipinski definition) is 5. The molecule has 0 unspecified atom stereocenters. The highest BCUT2D eigenvalue weighted by molar-refractivity contribution is 7.84. The third-order valence-electron chi connectivity index (χ3n) is 7.00. The number of nitrogens with zero attached hydrogens (tertiary/aromatic N) is 3. The van der Waals surface area contributed by atoms with Crippen molar-refractivity contribution >= 4 is 16.9 Å². The summed E-state index contributed by atoms with van der Waals surface area (Å²) in [5, 5.41) is 12.9. The molecule has 0 saturated heterocycles. The van der Waals surface area contributed by atoms with E-state index in [-0.39, 0.29) is 36.6 Å². The summed E-state index contributed by atoms with van der Waals surface area (Å²) in [5.41, 5.74) is 4.97. The molecule has 7 nitrogen and oxygen atoms in total. The first-order valence-electron chi connectivity index (χ1n) is 13.5. The van der Waals surface area contributed by atoms with E-state index in [1.165, 1.54) is 6.07 Å². The molecule has 1 amide bonds. The molecule has 1 aliphatic heterocycles. The van der Waals surface area contributed by atoms with Crippen molar-refractivity contribution in [3.05, 3.63) is 107 Å². The summed E-state index contributed by atoms with van der Waals surface area (Å²) in [6, 6.07) is 20.8. The Morgan fingerprint density at radius 2 is 1.83 bits per heavy atom. The minimum absolute atomic E-state index is 0.108. The lowest BCUT2D eigenvalue weighted by Gasteiger charge is -2.30. The van der Waals surface area contributed by atoms with Crippen LogP contribution in [0.25, 0.3) is 22.4 Å². The van der Waals surface area contributed by atoms with Crippen LogP contribution in [0.1, 0.15) is 60.5 Å². The second kappa shape index (κ2) is 12.0. The van der Waals surface area contributed by atoms with Crippen molar-refractivity contribution in [2.45, 2.75) is 51.1 Å². The summed E-state index contributed by atoms with van der Waals surface area (Å²) in [6.07, 6.45) is 2.02. The van der Waals surface area contributed by atoms with Crippen LogP contribution in [0.15, 0.2) is 79.0 Å². The lowest BCUT2D eigenvalue weighted by atomic mass is 9.94. The fourth-order valence-electron chi connectivity index (χ4n) is 5.10. The minimum atomic E-state index is -1.38. The van der Waals surface area contributed by atoms with Gasteiger partial charge in [-0.15, -0.1) is 0 Å². The van der Waals surface area contributed by atoms with E-state index >= 15 is 0 Å². The van der Waals surface area contributed by atoms with Gasteiger partial charge >= 0.3 is 0 Å². The summed E-state index contributed by atoms with van der Waals surface area (Å²) < 4.78 is 29.7. The summed E-state index contributed by atoms with van der Waals surface area (Å²) in [7, 11) is -1.38. The maximum Gasteiger partial charge on any atom is 0.270 e. The molecule has 2 N–H and O–H groups in total. The van der Waals surface area contributed by atoms with Crippen molar-refractivity contribution in [1.82, 2.24) is 19.6 Å². The maximum atomic E-state index is 14.7. The molecule has 4 aromatic rings. The Kier molecular flexibility index (Phi) is 8.40. The van der Waals surface area contributed by atoms with Gasteiger partial charge in [-0.05, 0) is 68.7 Å². The summed E-state index contributed by atoms with van der Waals surface area (Å²) in [5.74, 6) is -0.700. The largest absolute Gasteiger partial charge is 0.396 e. The van der Waals surface area contributed by atoms with Crippen LogP contribution < -0.4 is 5.32 Å². The zero-order valence-corrected chi connectivity index (χ0v) is 24.1. The highest BCUT2D eigenvalue weighted by Gasteiger charge is 2.40. The normalized spacial score (nSPS) is 15.9. The zero-order valence-electron chi connectivity index (χ0n) is 23.3. The quantitative estimate of drug-likeness (QED) is 0.287.